The Kier molecular flexibility index (Phi) is 4.62. The van der Waals surface area contributed by atoms with Crippen LogP contribution in [0.2, 0.25) is 0 Å². The molecule has 2 aromatic heterocycles. The van der Waals surface area contributed by atoms with E-state index in [2.05, 4.69) is 25.5 Å². The monoisotopic (exact) mass is 427 g/mol. The van der Waals surface area contributed by atoms with E-state index in [0.29, 0.717) is 17.8 Å². The summed E-state index contributed by atoms with van der Waals surface area (Å²) in [5.41, 5.74) is 0.295. The van der Waals surface area contributed by atoms with Gasteiger partial charge in [0.15, 0.2) is 11.6 Å². The van der Waals surface area contributed by atoms with Crippen LogP contribution in [-0.4, -0.2) is 66.9 Å². The first-order valence-electron chi connectivity index (χ1n) is 10.2. The number of rotatable bonds is 4. The molecule has 5 atom stereocenters. The van der Waals surface area contributed by atoms with Crippen LogP contribution in [-0.2, 0) is 0 Å². The number of fused-ring (bicyclic) bond motifs is 2. The average molecular weight is 427 g/mol. The fourth-order valence-electron chi connectivity index (χ4n) is 4.68. The molecule has 0 spiro atoms. The van der Waals surface area contributed by atoms with Crippen molar-refractivity contribution in [3.63, 3.8) is 0 Å². The minimum atomic E-state index is -1.25. The van der Waals surface area contributed by atoms with Crippen LogP contribution >= 0.6 is 0 Å². The third-order valence-corrected chi connectivity index (χ3v) is 6.45. The SMILES string of the molecule is CN(c1cnc(-c2ccc(-n3ccnc3)cc2O)nn1)[C@@H]1CC2N[C@@](C)(C[C@@H]2F)[C@H]1F. The van der Waals surface area contributed by atoms with E-state index < -0.39 is 23.9 Å². The molecule has 2 aliphatic heterocycles. The number of phenols is 1. The first kappa shape index (κ1) is 19.8. The lowest BCUT2D eigenvalue weighted by Crippen LogP contribution is -2.62. The van der Waals surface area contributed by atoms with Gasteiger partial charge in [-0.15, -0.1) is 10.2 Å². The molecule has 2 N–H and O–H groups in total. The number of alkyl halides is 2. The predicted octanol–water partition coefficient (Wildman–Crippen LogP) is 2.44. The van der Waals surface area contributed by atoms with Crippen LogP contribution in [0.1, 0.15) is 19.8 Å². The van der Waals surface area contributed by atoms with Gasteiger partial charge < -0.3 is 19.9 Å². The highest BCUT2D eigenvalue weighted by molar-refractivity contribution is 5.66. The average Bonchev–Trinajstić information content (AvgIpc) is 3.38. The van der Waals surface area contributed by atoms with Crippen molar-refractivity contribution < 1.29 is 13.9 Å². The number of hydrogen-bond acceptors (Lipinski definition) is 7. The molecule has 5 rings (SSSR count). The van der Waals surface area contributed by atoms with Crippen LogP contribution in [0.5, 0.6) is 5.75 Å². The molecular formula is C21H23F2N7O. The van der Waals surface area contributed by atoms with Crippen molar-refractivity contribution in [2.24, 2.45) is 0 Å². The molecule has 8 nitrogen and oxygen atoms in total. The Morgan fingerprint density at radius 1 is 1.29 bits per heavy atom. The number of imidazole rings is 1. The Labute approximate surface area is 178 Å². The van der Waals surface area contributed by atoms with Gasteiger partial charge in [0, 0.05) is 38.0 Å². The van der Waals surface area contributed by atoms with Gasteiger partial charge in [-0.3, -0.25) is 0 Å². The first-order chi connectivity index (χ1) is 14.9. The molecule has 2 saturated heterocycles. The molecule has 2 bridgehead atoms. The Hall–Kier alpha value is -3.14. The fraction of sp³-hybridized carbons (Fsp3) is 0.429. The number of aromatic nitrogens is 5. The molecule has 10 heteroatoms. The lowest BCUT2D eigenvalue weighted by molar-refractivity contribution is 0.111. The molecule has 2 fully saturated rings. The highest BCUT2D eigenvalue weighted by Gasteiger charge is 2.55. The van der Waals surface area contributed by atoms with Gasteiger partial charge in [0.25, 0.3) is 0 Å². The number of nitrogens with zero attached hydrogens (tertiary/aromatic N) is 6. The molecule has 0 amide bonds. The maximum atomic E-state index is 15.2. The van der Waals surface area contributed by atoms with Gasteiger partial charge in [-0.1, -0.05) is 0 Å². The van der Waals surface area contributed by atoms with E-state index in [-0.39, 0.29) is 24.0 Å². The second-order valence-electron chi connectivity index (χ2n) is 8.52. The number of halogens is 2. The minimum absolute atomic E-state index is 0.00905. The van der Waals surface area contributed by atoms with Crippen molar-refractivity contribution in [3.8, 4) is 22.8 Å². The minimum Gasteiger partial charge on any atom is -0.507 e. The largest absolute Gasteiger partial charge is 0.507 e. The van der Waals surface area contributed by atoms with E-state index in [1.807, 2.05) is 6.07 Å². The van der Waals surface area contributed by atoms with Crippen molar-refractivity contribution in [3.05, 3.63) is 43.1 Å². The van der Waals surface area contributed by atoms with Crippen molar-refractivity contribution in [2.45, 2.75) is 49.7 Å². The van der Waals surface area contributed by atoms with E-state index >= 15 is 4.39 Å². The smallest absolute Gasteiger partial charge is 0.185 e. The first-order valence-corrected chi connectivity index (χ1v) is 10.2. The molecule has 1 unspecified atom stereocenters. The summed E-state index contributed by atoms with van der Waals surface area (Å²) in [6.07, 6.45) is 4.75. The number of nitrogens with one attached hydrogen (secondary N) is 1. The summed E-state index contributed by atoms with van der Waals surface area (Å²) in [6, 6.07) is 4.21. The molecule has 3 aromatic rings. The highest BCUT2D eigenvalue weighted by atomic mass is 19.1. The van der Waals surface area contributed by atoms with Crippen LogP contribution in [0.4, 0.5) is 14.6 Å². The van der Waals surface area contributed by atoms with E-state index in [9.17, 15) is 9.50 Å². The Morgan fingerprint density at radius 3 is 2.81 bits per heavy atom. The van der Waals surface area contributed by atoms with E-state index in [1.165, 1.54) is 6.20 Å². The lowest BCUT2D eigenvalue weighted by Gasteiger charge is -2.43. The maximum absolute atomic E-state index is 15.2. The van der Waals surface area contributed by atoms with Crippen LogP contribution in [0.25, 0.3) is 17.1 Å². The molecule has 0 saturated carbocycles. The zero-order valence-corrected chi connectivity index (χ0v) is 17.2. The summed E-state index contributed by atoms with van der Waals surface area (Å²) in [7, 11) is 1.72. The quantitative estimate of drug-likeness (QED) is 0.661. The van der Waals surface area contributed by atoms with Gasteiger partial charge in [-0.2, -0.15) is 0 Å². The van der Waals surface area contributed by atoms with Crippen LogP contribution in [0.15, 0.2) is 43.1 Å². The van der Waals surface area contributed by atoms with Crippen molar-refractivity contribution >= 4 is 5.82 Å². The van der Waals surface area contributed by atoms with E-state index in [4.69, 9.17) is 0 Å². The van der Waals surface area contributed by atoms with E-state index in [0.717, 1.165) is 5.69 Å². The summed E-state index contributed by atoms with van der Waals surface area (Å²) >= 11 is 0. The zero-order chi connectivity index (χ0) is 21.8. The number of aromatic hydroxyl groups is 1. The third-order valence-electron chi connectivity index (χ3n) is 6.45. The summed E-state index contributed by atoms with van der Waals surface area (Å²) in [5, 5.41) is 21.9. The van der Waals surface area contributed by atoms with Crippen LogP contribution in [0.3, 0.4) is 0 Å². The second-order valence-corrected chi connectivity index (χ2v) is 8.52. The standard InChI is InChI=1S/C21H23F2N7O/c1-21-9-14(22)15(26-21)8-16(19(21)23)29(2)18-10-25-20(28-27-18)13-4-3-12(7-17(13)31)30-6-5-24-11-30/h3-7,10-11,14-16,19,26,31H,8-9H2,1-2H3/t14-,15?,16+,19-,21-/m0/s1. The number of benzene rings is 1. The number of hydrogen-bond donors (Lipinski definition) is 2. The van der Waals surface area contributed by atoms with Gasteiger partial charge in [-0.05, 0) is 25.5 Å². The summed E-state index contributed by atoms with van der Waals surface area (Å²) in [5.74, 6) is 0.658. The molecule has 0 aliphatic carbocycles. The van der Waals surface area contributed by atoms with Gasteiger partial charge in [0.05, 0.1) is 35.4 Å². The van der Waals surface area contributed by atoms with Gasteiger partial charge in [0.1, 0.15) is 18.1 Å². The summed E-state index contributed by atoms with van der Waals surface area (Å²) < 4.78 is 31.2. The molecule has 1 aromatic carbocycles. The Morgan fingerprint density at radius 2 is 2.13 bits per heavy atom. The second kappa shape index (κ2) is 7.23. The lowest BCUT2D eigenvalue weighted by atomic mass is 9.86. The highest BCUT2D eigenvalue weighted by Crippen LogP contribution is 2.41. The molecular weight excluding hydrogens is 404 g/mol. The zero-order valence-electron chi connectivity index (χ0n) is 17.2. The molecule has 4 heterocycles. The predicted molar refractivity (Wildman–Crippen MR) is 111 cm³/mol. The van der Waals surface area contributed by atoms with Crippen molar-refractivity contribution in [1.29, 1.82) is 0 Å². The Bertz CT molecular complexity index is 1070. The van der Waals surface area contributed by atoms with Crippen molar-refractivity contribution in [1.82, 2.24) is 30.0 Å². The van der Waals surface area contributed by atoms with Crippen molar-refractivity contribution in [2.75, 3.05) is 11.9 Å². The third kappa shape index (κ3) is 3.31. The Balaban J connectivity index is 1.37. The normalized spacial score (nSPS) is 29.8. The fourth-order valence-corrected chi connectivity index (χ4v) is 4.68. The van der Waals surface area contributed by atoms with E-state index in [1.54, 1.807) is 54.3 Å². The summed E-state index contributed by atoms with van der Waals surface area (Å²) in [6.45, 7) is 1.73. The van der Waals surface area contributed by atoms with Gasteiger partial charge >= 0.3 is 0 Å². The topological polar surface area (TPSA) is 92.0 Å². The number of phenolic OH excluding ortho intramolecular Hbond substituents is 1. The molecule has 162 valence electrons. The number of piperidine rings is 1. The molecule has 31 heavy (non-hydrogen) atoms. The van der Waals surface area contributed by atoms with Crippen LogP contribution in [0, 0.1) is 0 Å². The van der Waals surface area contributed by atoms with Gasteiger partial charge in [-0.25, -0.2) is 18.7 Å². The maximum Gasteiger partial charge on any atom is 0.185 e. The molecule has 2 aliphatic rings. The van der Waals surface area contributed by atoms with Crippen LogP contribution < -0.4 is 10.2 Å². The van der Waals surface area contributed by atoms with Gasteiger partial charge in [0.2, 0.25) is 0 Å². The summed E-state index contributed by atoms with van der Waals surface area (Å²) in [4.78, 5) is 9.99. The number of anilines is 1. The molecule has 0 radical (unpaired) electrons.